The average Bonchev–Trinajstić information content (AvgIpc) is 3.03. The standard InChI is InChI=1S/C21H22Cl2N2O2S/c1-12-10-14(11-13(2)19(12)23)27-9-5-6-15-18-16(22)7-4-8-17(18)24-20(15)21(26)25-28-3/h4,7-8,10-11,24H,5-6,9H2,1-3H3,(H,25,26). The molecular formula is C21H22Cl2N2O2S. The SMILES string of the molecule is CSNC(=O)c1[nH]c2cccc(Cl)c2c1CCCOc1cc(C)c(Cl)c(C)c1. The molecule has 0 spiro atoms. The fourth-order valence-electron chi connectivity index (χ4n) is 3.29. The van der Waals surface area contributed by atoms with Gasteiger partial charge in [-0.1, -0.05) is 41.2 Å². The highest BCUT2D eigenvalue weighted by molar-refractivity contribution is 7.97. The van der Waals surface area contributed by atoms with Crippen molar-refractivity contribution in [3.63, 3.8) is 0 Å². The van der Waals surface area contributed by atoms with Gasteiger partial charge in [0.05, 0.1) is 11.6 Å². The molecule has 0 unspecified atom stereocenters. The predicted molar refractivity (Wildman–Crippen MR) is 119 cm³/mol. The van der Waals surface area contributed by atoms with E-state index in [9.17, 15) is 4.79 Å². The van der Waals surface area contributed by atoms with Crippen LogP contribution in [0.15, 0.2) is 30.3 Å². The Labute approximate surface area is 179 Å². The Kier molecular flexibility index (Phi) is 6.81. The number of hydrogen-bond donors (Lipinski definition) is 2. The van der Waals surface area contributed by atoms with Crippen molar-refractivity contribution in [2.45, 2.75) is 26.7 Å². The molecule has 0 atom stereocenters. The summed E-state index contributed by atoms with van der Waals surface area (Å²) in [6.07, 6.45) is 3.24. The number of carbonyl (C=O) groups excluding carboxylic acids is 1. The maximum absolute atomic E-state index is 12.5. The van der Waals surface area contributed by atoms with Crippen LogP contribution in [0.3, 0.4) is 0 Å². The van der Waals surface area contributed by atoms with E-state index < -0.39 is 0 Å². The van der Waals surface area contributed by atoms with Crippen molar-refractivity contribution in [3.05, 3.63) is 62.8 Å². The lowest BCUT2D eigenvalue weighted by molar-refractivity contribution is 0.0979. The molecule has 0 bridgehead atoms. The molecule has 1 aromatic heterocycles. The molecule has 3 rings (SSSR count). The Balaban J connectivity index is 1.76. The summed E-state index contributed by atoms with van der Waals surface area (Å²) >= 11 is 13.9. The van der Waals surface area contributed by atoms with Gasteiger partial charge in [0.1, 0.15) is 11.4 Å². The Morgan fingerprint density at radius 3 is 2.61 bits per heavy atom. The molecule has 1 amide bonds. The van der Waals surface area contributed by atoms with Crippen LogP contribution in [0.5, 0.6) is 5.75 Å². The fraction of sp³-hybridized carbons (Fsp3) is 0.286. The summed E-state index contributed by atoms with van der Waals surface area (Å²) in [5.41, 5.74) is 4.32. The molecule has 4 nitrogen and oxygen atoms in total. The smallest absolute Gasteiger partial charge is 0.277 e. The first-order valence-corrected chi connectivity index (χ1v) is 10.9. The van der Waals surface area contributed by atoms with Crippen molar-refractivity contribution >= 4 is 52.0 Å². The number of amides is 1. The Morgan fingerprint density at radius 2 is 1.93 bits per heavy atom. The third-order valence-electron chi connectivity index (χ3n) is 4.55. The Morgan fingerprint density at radius 1 is 1.21 bits per heavy atom. The lowest BCUT2D eigenvalue weighted by Crippen LogP contribution is -2.17. The first-order valence-electron chi connectivity index (χ1n) is 8.94. The van der Waals surface area contributed by atoms with Crippen LogP contribution in [0.2, 0.25) is 10.0 Å². The minimum absolute atomic E-state index is 0.153. The number of carbonyl (C=O) groups is 1. The quantitative estimate of drug-likeness (QED) is 0.346. The van der Waals surface area contributed by atoms with Crippen molar-refractivity contribution in [2.24, 2.45) is 0 Å². The van der Waals surface area contributed by atoms with Crippen LogP contribution in [0.25, 0.3) is 10.9 Å². The highest BCUT2D eigenvalue weighted by Gasteiger charge is 2.19. The van der Waals surface area contributed by atoms with Crippen LogP contribution >= 0.6 is 35.1 Å². The van der Waals surface area contributed by atoms with Crippen molar-refractivity contribution in [1.82, 2.24) is 9.71 Å². The molecule has 7 heteroatoms. The molecule has 148 valence electrons. The number of H-pyrrole nitrogens is 1. The zero-order valence-electron chi connectivity index (χ0n) is 16.0. The maximum atomic E-state index is 12.5. The number of aromatic amines is 1. The third kappa shape index (κ3) is 4.43. The van der Waals surface area contributed by atoms with Gasteiger partial charge in [-0.05, 0) is 67.6 Å². The molecule has 0 aliphatic heterocycles. The molecular weight excluding hydrogens is 415 g/mol. The molecule has 0 radical (unpaired) electrons. The lowest BCUT2D eigenvalue weighted by Gasteiger charge is -2.10. The van der Waals surface area contributed by atoms with E-state index in [1.807, 2.05) is 50.4 Å². The van der Waals surface area contributed by atoms with Crippen molar-refractivity contribution in [3.8, 4) is 5.75 Å². The summed E-state index contributed by atoms with van der Waals surface area (Å²) in [5.74, 6) is 0.649. The summed E-state index contributed by atoms with van der Waals surface area (Å²) < 4.78 is 8.68. The first kappa shape index (κ1) is 20.9. The van der Waals surface area contributed by atoms with Gasteiger partial charge in [-0.3, -0.25) is 9.52 Å². The van der Waals surface area contributed by atoms with Gasteiger partial charge in [0.2, 0.25) is 0 Å². The largest absolute Gasteiger partial charge is 0.494 e. The van der Waals surface area contributed by atoms with Gasteiger partial charge in [-0.15, -0.1) is 0 Å². The predicted octanol–water partition coefficient (Wildman–Crippen LogP) is 6.11. The number of hydrogen-bond acceptors (Lipinski definition) is 3. The van der Waals surface area contributed by atoms with Crippen LogP contribution in [-0.4, -0.2) is 23.8 Å². The van der Waals surface area contributed by atoms with Gasteiger partial charge in [0, 0.05) is 22.2 Å². The van der Waals surface area contributed by atoms with E-state index in [0.29, 0.717) is 23.7 Å². The number of fused-ring (bicyclic) bond motifs is 1. The van der Waals surface area contributed by atoms with Crippen LogP contribution in [0, 0.1) is 13.8 Å². The molecule has 0 fully saturated rings. The van der Waals surface area contributed by atoms with Gasteiger partial charge >= 0.3 is 0 Å². The molecule has 2 aromatic carbocycles. The highest BCUT2D eigenvalue weighted by Crippen LogP contribution is 2.31. The molecule has 0 saturated carbocycles. The van der Waals surface area contributed by atoms with Crippen LogP contribution in [0.1, 0.15) is 33.6 Å². The van der Waals surface area contributed by atoms with E-state index in [2.05, 4.69) is 9.71 Å². The number of ether oxygens (including phenoxy) is 1. The molecule has 0 aliphatic rings. The van der Waals surface area contributed by atoms with E-state index in [4.69, 9.17) is 27.9 Å². The van der Waals surface area contributed by atoms with Gasteiger partial charge in [0.15, 0.2) is 0 Å². The highest BCUT2D eigenvalue weighted by atomic mass is 35.5. The number of aryl methyl sites for hydroxylation is 3. The minimum atomic E-state index is -0.153. The van der Waals surface area contributed by atoms with Gasteiger partial charge in [-0.2, -0.15) is 0 Å². The Bertz CT molecular complexity index is 994. The van der Waals surface area contributed by atoms with Crippen LogP contribution < -0.4 is 9.46 Å². The van der Waals surface area contributed by atoms with Crippen molar-refractivity contribution < 1.29 is 9.53 Å². The maximum Gasteiger partial charge on any atom is 0.277 e. The Hall–Kier alpha value is -1.82. The molecule has 28 heavy (non-hydrogen) atoms. The summed E-state index contributed by atoms with van der Waals surface area (Å²) in [4.78, 5) is 15.7. The van der Waals surface area contributed by atoms with E-state index in [1.165, 1.54) is 11.9 Å². The van der Waals surface area contributed by atoms with E-state index in [-0.39, 0.29) is 5.91 Å². The van der Waals surface area contributed by atoms with Crippen molar-refractivity contribution in [1.29, 1.82) is 0 Å². The van der Waals surface area contributed by atoms with Crippen molar-refractivity contribution in [2.75, 3.05) is 12.9 Å². The summed E-state index contributed by atoms with van der Waals surface area (Å²) in [7, 11) is 0. The second-order valence-corrected chi connectivity index (χ2v) is 8.00. The zero-order chi connectivity index (χ0) is 20.3. The number of aromatic nitrogens is 1. The van der Waals surface area contributed by atoms with Gasteiger partial charge < -0.3 is 9.72 Å². The number of benzene rings is 2. The normalized spacial score (nSPS) is 11.0. The molecule has 1 heterocycles. The molecule has 0 aliphatic carbocycles. The zero-order valence-corrected chi connectivity index (χ0v) is 18.3. The summed E-state index contributed by atoms with van der Waals surface area (Å²) in [5, 5.41) is 2.30. The van der Waals surface area contributed by atoms with Gasteiger partial charge in [-0.25, -0.2) is 0 Å². The third-order valence-corrected chi connectivity index (χ3v) is 5.85. The number of rotatable bonds is 7. The lowest BCUT2D eigenvalue weighted by atomic mass is 10.1. The second kappa shape index (κ2) is 9.12. The van der Waals surface area contributed by atoms with Crippen LogP contribution in [-0.2, 0) is 6.42 Å². The fourth-order valence-corrected chi connectivity index (χ4v) is 3.97. The number of halogens is 2. The monoisotopic (exact) mass is 436 g/mol. The van der Waals surface area contributed by atoms with E-state index in [1.54, 1.807) is 0 Å². The number of nitrogens with one attached hydrogen (secondary N) is 2. The van der Waals surface area contributed by atoms with Gasteiger partial charge in [0.25, 0.3) is 5.91 Å². The topological polar surface area (TPSA) is 54.1 Å². The molecule has 0 saturated heterocycles. The van der Waals surface area contributed by atoms with Crippen LogP contribution in [0.4, 0.5) is 0 Å². The average molecular weight is 437 g/mol. The summed E-state index contributed by atoms with van der Waals surface area (Å²) in [6.45, 7) is 4.46. The second-order valence-electron chi connectivity index (χ2n) is 6.60. The first-order chi connectivity index (χ1) is 13.4. The van der Waals surface area contributed by atoms with E-state index in [0.717, 1.165) is 44.8 Å². The molecule has 3 aromatic rings. The van der Waals surface area contributed by atoms with E-state index >= 15 is 0 Å². The minimum Gasteiger partial charge on any atom is -0.494 e. The molecule has 2 N–H and O–H groups in total. The summed E-state index contributed by atoms with van der Waals surface area (Å²) in [6, 6.07) is 9.52.